The number of hydrogen-bond acceptors (Lipinski definition) is 2. The Labute approximate surface area is 103 Å². The van der Waals surface area contributed by atoms with E-state index in [2.05, 4.69) is 18.0 Å². The predicted molar refractivity (Wildman–Crippen MR) is 69.3 cm³/mol. The van der Waals surface area contributed by atoms with Gasteiger partial charge in [0.15, 0.2) is 0 Å². The number of fused-ring (bicyclic) bond motifs is 2. The summed E-state index contributed by atoms with van der Waals surface area (Å²) >= 11 is 0. The highest BCUT2D eigenvalue weighted by Crippen LogP contribution is 2.46. The van der Waals surface area contributed by atoms with Crippen LogP contribution in [0.2, 0.25) is 0 Å². The second-order valence-electron chi connectivity index (χ2n) is 5.81. The van der Waals surface area contributed by atoms with Crippen LogP contribution in [0.1, 0.15) is 37.7 Å². The number of phenols is 1. The van der Waals surface area contributed by atoms with Crippen molar-refractivity contribution in [2.75, 3.05) is 13.6 Å². The van der Waals surface area contributed by atoms with Gasteiger partial charge in [-0.25, -0.2) is 0 Å². The van der Waals surface area contributed by atoms with E-state index in [1.54, 1.807) is 6.07 Å². The van der Waals surface area contributed by atoms with Crippen molar-refractivity contribution in [2.24, 2.45) is 0 Å². The van der Waals surface area contributed by atoms with Gasteiger partial charge in [0.1, 0.15) is 5.75 Å². The molecule has 2 fully saturated rings. The average Bonchev–Trinajstić information content (AvgIpc) is 2.35. The van der Waals surface area contributed by atoms with Crippen LogP contribution >= 0.6 is 0 Å². The standard InChI is InChI=1S/C15H21NO/c1-16-9-8-15(7-3-5-13(16)11-15)12-4-2-6-14(17)10-12/h2,4,6,10,13,17H,3,5,7-9,11H2,1H3/t13?,15-/m1/s1. The molecule has 1 aliphatic heterocycles. The number of rotatable bonds is 1. The third-order valence-electron chi connectivity index (χ3n) is 4.84. The summed E-state index contributed by atoms with van der Waals surface area (Å²) in [5.41, 5.74) is 1.70. The second kappa shape index (κ2) is 4.02. The summed E-state index contributed by atoms with van der Waals surface area (Å²) in [7, 11) is 2.25. The van der Waals surface area contributed by atoms with Gasteiger partial charge >= 0.3 is 0 Å². The number of phenolic OH excluding ortho intramolecular Hbond substituents is 1. The smallest absolute Gasteiger partial charge is 0.115 e. The SMILES string of the molecule is CN1CC[C@]2(c3cccc(O)c3)CCCC1C2. The van der Waals surface area contributed by atoms with Crippen molar-refractivity contribution >= 4 is 0 Å². The third kappa shape index (κ3) is 1.85. The largest absolute Gasteiger partial charge is 0.508 e. The van der Waals surface area contributed by atoms with Crippen molar-refractivity contribution in [2.45, 2.75) is 43.6 Å². The van der Waals surface area contributed by atoms with Crippen LogP contribution in [0.4, 0.5) is 0 Å². The van der Waals surface area contributed by atoms with E-state index in [1.807, 2.05) is 12.1 Å². The van der Waals surface area contributed by atoms with Crippen LogP contribution in [-0.4, -0.2) is 29.6 Å². The number of aromatic hydroxyl groups is 1. The highest BCUT2D eigenvalue weighted by Gasteiger charge is 2.42. The van der Waals surface area contributed by atoms with Gasteiger partial charge in [-0.05, 0) is 62.4 Å². The summed E-state index contributed by atoms with van der Waals surface area (Å²) in [6.07, 6.45) is 6.47. The number of nitrogens with zero attached hydrogens (tertiary/aromatic N) is 1. The Hall–Kier alpha value is -1.02. The quantitative estimate of drug-likeness (QED) is 0.803. The first-order valence-electron chi connectivity index (χ1n) is 6.69. The fourth-order valence-electron chi connectivity index (χ4n) is 3.75. The molecule has 2 aliphatic rings. The topological polar surface area (TPSA) is 23.5 Å². The molecule has 2 heteroatoms. The van der Waals surface area contributed by atoms with Gasteiger partial charge in [-0.15, -0.1) is 0 Å². The Balaban J connectivity index is 1.95. The van der Waals surface area contributed by atoms with Crippen LogP contribution in [0.15, 0.2) is 24.3 Å². The minimum atomic E-state index is 0.341. The number of piperidine rings is 1. The molecule has 2 bridgehead atoms. The van der Waals surface area contributed by atoms with Crippen molar-refractivity contribution in [3.63, 3.8) is 0 Å². The molecule has 92 valence electrons. The van der Waals surface area contributed by atoms with Gasteiger partial charge in [0.2, 0.25) is 0 Å². The maximum absolute atomic E-state index is 9.68. The lowest BCUT2D eigenvalue weighted by Gasteiger charge is -2.49. The first kappa shape index (κ1) is 11.1. The molecular formula is C15H21NO. The normalized spacial score (nSPS) is 33.6. The molecule has 1 N–H and O–H groups in total. The Morgan fingerprint density at radius 2 is 2.24 bits per heavy atom. The van der Waals surface area contributed by atoms with Crippen LogP contribution in [0.5, 0.6) is 5.75 Å². The molecule has 0 radical (unpaired) electrons. The lowest BCUT2D eigenvalue weighted by molar-refractivity contribution is 0.0719. The van der Waals surface area contributed by atoms with Crippen LogP contribution in [0.3, 0.4) is 0 Å². The van der Waals surface area contributed by atoms with Gasteiger partial charge in [0, 0.05) is 6.04 Å². The molecule has 1 saturated carbocycles. The molecule has 0 spiro atoms. The van der Waals surface area contributed by atoms with Crippen LogP contribution < -0.4 is 0 Å². The summed E-state index contributed by atoms with van der Waals surface area (Å²) in [6.45, 7) is 1.19. The summed E-state index contributed by atoms with van der Waals surface area (Å²) in [5.74, 6) is 0.415. The van der Waals surface area contributed by atoms with Crippen LogP contribution in [0.25, 0.3) is 0 Å². The zero-order valence-corrected chi connectivity index (χ0v) is 10.5. The summed E-state index contributed by atoms with van der Waals surface area (Å²) in [5, 5.41) is 9.68. The van der Waals surface area contributed by atoms with E-state index in [9.17, 15) is 5.11 Å². The van der Waals surface area contributed by atoms with Gasteiger partial charge in [0.25, 0.3) is 0 Å². The molecule has 0 amide bonds. The molecule has 2 nitrogen and oxygen atoms in total. The molecule has 3 rings (SSSR count). The highest BCUT2D eigenvalue weighted by atomic mass is 16.3. The monoisotopic (exact) mass is 231 g/mol. The zero-order chi connectivity index (χ0) is 11.9. The maximum atomic E-state index is 9.68. The molecule has 0 aromatic heterocycles. The summed E-state index contributed by atoms with van der Waals surface area (Å²) in [4.78, 5) is 2.51. The lowest BCUT2D eigenvalue weighted by atomic mass is 9.63. The molecular weight excluding hydrogens is 210 g/mol. The van der Waals surface area contributed by atoms with Gasteiger partial charge in [-0.3, -0.25) is 0 Å². The molecule has 17 heavy (non-hydrogen) atoms. The van der Waals surface area contributed by atoms with E-state index < -0.39 is 0 Å². The van der Waals surface area contributed by atoms with E-state index in [0.717, 1.165) is 6.04 Å². The first-order chi connectivity index (χ1) is 8.20. The van der Waals surface area contributed by atoms with E-state index in [4.69, 9.17) is 0 Å². The Morgan fingerprint density at radius 1 is 1.35 bits per heavy atom. The van der Waals surface area contributed by atoms with E-state index >= 15 is 0 Å². The van der Waals surface area contributed by atoms with Gasteiger partial charge in [-0.2, -0.15) is 0 Å². The highest BCUT2D eigenvalue weighted by molar-refractivity contribution is 5.34. The van der Waals surface area contributed by atoms with Crippen molar-refractivity contribution < 1.29 is 5.11 Å². The Bertz CT molecular complexity index is 417. The van der Waals surface area contributed by atoms with Crippen molar-refractivity contribution in [1.82, 2.24) is 4.90 Å². The number of likely N-dealkylation sites (tertiary alicyclic amines) is 1. The van der Waals surface area contributed by atoms with E-state index in [-0.39, 0.29) is 0 Å². The van der Waals surface area contributed by atoms with Gasteiger partial charge in [0.05, 0.1) is 0 Å². The Morgan fingerprint density at radius 3 is 3.06 bits per heavy atom. The minimum Gasteiger partial charge on any atom is -0.508 e. The first-order valence-corrected chi connectivity index (χ1v) is 6.69. The van der Waals surface area contributed by atoms with Gasteiger partial charge in [-0.1, -0.05) is 18.6 Å². The fraction of sp³-hybridized carbons (Fsp3) is 0.600. The number of benzene rings is 1. The fourth-order valence-corrected chi connectivity index (χ4v) is 3.75. The predicted octanol–water partition coefficient (Wildman–Crippen LogP) is 2.91. The van der Waals surface area contributed by atoms with Crippen LogP contribution in [0, 0.1) is 0 Å². The number of hydrogen-bond donors (Lipinski definition) is 1. The summed E-state index contributed by atoms with van der Waals surface area (Å²) < 4.78 is 0. The second-order valence-corrected chi connectivity index (χ2v) is 5.81. The molecule has 1 aromatic carbocycles. The molecule has 1 saturated heterocycles. The van der Waals surface area contributed by atoms with Crippen molar-refractivity contribution in [1.29, 1.82) is 0 Å². The zero-order valence-electron chi connectivity index (χ0n) is 10.5. The third-order valence-corrected chi connectivity index (χ3v) is 4.84. The lowest BCUT2D eigenvalue weighted by Crippen LogP contribution is -2.50. The van der Waals surface area contributed by atoms with E-state index in [0.29, 0.717) is 11.2 Å². The van der Waals surface area contributed by atoms with Gasteiger partial charge < -0.3 is 10.0 Å². The molecule has 2 atom stereocenters. The molecule has 1 aliphatic carbocycles. The minimum absolute atomic E-state index is 0.341. The van der Waals surface area contributed by atoms with Crippen molar-refractivity contribution in [3.05, 3.63) is 29.8 Å². The molecule has 1 aromatic rings. The average molecular weight is 231 g/mol. The summed E-state index contributed by atoms with van der Waals surface area (Å²) in [6, 6.07) is 8.69. The Kier molecular flexibility index (Phi) is 2.62. The van der Waals surface area contributed by atoms with E-state index in [1.165, 1.54) is 44.2 Å². The van der Waals surface area contributed by atoms with Crippen LogP contribution in [-0.2, 0) is 5.41 Å². The van der Waals surface area contributed by atoms with Crippen molar-refractivity contribution in [3.8, 4) is 5.75 Å². The maximum Gasteiger partial charge on any atom is 0.115 e. The molecule has 1 heterocycles. The molecule has 1 unspecified atom stereocenters.